The summed E-state index contributed by atoms with van der Waals surface area (Å²) in [6.07, 6.45) is -0.344. The summed E-state index contributed by atoms with van der Waals surface area (Å²) in [5.74, 6) is -0.0137. The number of ether oxygens (including phenoxy) is 2. The molecule has 1 unspecified atom stereocenters. The fourth-order valence-electron chi connectivity index (χ4n) is 4.04. The van der Waals surface area contributed by atoms with Gasteiger partial charge in [-0.3, -0.25) is 14.6 Å². The van der Waals surface area contributed by atoms with Crippen LogP contribution < -0.4 is 4.90 Å². The molecule has 0 bridgehead atoms. The van der Waals surface area contributed by atoms with Crippen molar-refractivity contribution in [3.63, 3.8) is 0 Å². The third-order valence-corrected chi connectivity index (χ3v) is 5.80. The maximum absolute atomic E-state index is 13.5. The molecular weight excluding hydrogens is 394 g/mol. The van der Waals surface area contributed by atoms with Gasteiger partial charge in [0, 0.05) is 43.5 Å². The largest absolute Gasteiger partial charge is 0.447 e. The molecule has 2 amide bonds. The lowest BCUT2D eigenvalue weighted by atomic mass is 10.1. The summed E-state index contributed by atoms with van der Waals surface area (Å²) in [6, 6.07) is 17.3. The highest BCUT2D eigenvalue weighted by molar-refractivity contribution is 5.96. The normalized spacial score (nSPS) is 18.0. The van der Waals surface area contributed by atoms with Crippen LogP contribution in [-0.4, -0.2) is 73.8 Å². The van der Waals surface area contributed by atoms with Gasteiger partial charge in [-0.15, -0.1) is 0 Å². The van der Waals surface area contributed by atoms with Gasteiger partial charge >= 0.3 is 6.09 Å². The van der Waals surface area contributed by atoms with Crippen molar-refractivity contribution >= 4 is 17.7 Å². The predicted octanol–water partition coefficient (Wildman–Crippen LogP) is 3.01. The Balaban J connectivity index is 1.51. The van der Waals surface area contributed by atoms with E-state index in [0.717, 1.165) is 44.1 Å². The molecule has 2 aromatic carbocycles. The molecule has 0 saturated carbocycles. The maximum atomic E-state index is 13.5. The number of carbonyl (C=O) groups is 2. The van der Waals surface area contributed by atoms with Crippen LogP contribution in [0.5, 0.6) is 0 Å². The van der Waals surface area contributed by atoms with Gasteiger partial charge in [-0.25, -0.2) is 4.79 Å². The number of carbonyl (C=O) groups excluding carboxylic acids is 2. The summed E-state index contributed by atoms with van der Waals surface area (Å²) in [4.78, 5) is 31.2. The molecule has 2 saturated heterocycles. The van der Waals surface area contributed by atoms with E-state index in [0.29, 0.717) is 25.3 Å². The van der Waals surface area contributed by atoms with Gasteiger partial charge in [0.05, 0.1) is 19.8 Å². The number of benzene rings is 2. The Morgan fingerprint density at radius 2 is 1.71 bits per heavy atom. The van der Waals surface area contributed by atoms with Crippen molar-refractivity contribution < 1.29 is 19.1 Å². The van der Waals surface area contributed by atoms with Crippen LogP contribution in [0.1, 0.15) is 22.8 Å². The fourth-order valence-corrected chi connectivity index (χ4v) is 4.04. The van der Waals surface area contributed by atoms with Gasteiger partial charge in [0.15, 0.2) is 0 Å². The van der Waals surface area contributed by atoms with Crippen molar-refractivity contribution in [2.75, 3.05) is 50.9 Å². The Morgan fingerprint density at radius 1 is 1.00 bits per heavy atom. The molecule has 4 rings (SSSR count). The van der Waals surface area contributed by atoms with Crippen molar-refractivity contribution in [3.8, 4) is 0 Å². The summed E-state index contributed by atoms with van der Waals surface area (Å²) in [6.45, 7) is 7.62. The van der Waals surface area contributed by atoms with E-state index in [4.69, 9.17) is 9.47 Å². The molecule has 2 fully saturated rings. The molecule has 164 valence electrons. The van der Waals surface area contributed by atoms with Crippen LogP contribution in [0.2, 0.25) is 0 Å². The first-order valence-electron chi connectivity index (χ1n) is 10.8. The molecule has 2 aromatic rings. The smallest absolute Gasteiger partial charge is 0.414 e. The second-order valence-corrected chi connectivity index (χ2v) is 7.99. The maximum Gasteiger partial charge on any atom is 0.414 e. The number of morpholine rings is 1. The van der Waals surface area contributed by atoms with Gasteiger partial charge in [-0.1, -0.05) is 30.3 Å². The van der Waals surface area contributed by atoms with Gasteiger partial charge in [0.2, 0.25) is 0 Å². The van der Waals surface area contributed by atoms with Crippen molar-refractivity contribution in [2.45, 2.75) is 19.5 Å². The van der Waals surface area contributed by atoms with Crippen LogP contribution >= 0.6 is 0 Å². The van der Waals surface area contributed by atoms with Crippen molar-refractivity contribution in [1.82, 2.24) is 9.80 Å². The lowest BCUT2D eigenvalue weighted by Gasteiger charge is -2.35. The average molecular weight is 424 g/mol. The molecule has 7 heteroatoms. The molecule has 7 nitrogen and oxygen atoms in total. The fraction of sp³-hybridized carbons (Fsp3) is 0.417. The van der Waals surface area contributed by atoms with E-state index >= 15 is 0 Å². The zero-order valence-corrected chi connectivity index (χ0v) is 17.9. The molecule has 0 radical (unpaired) electrons. The molecule has 0 N–H and O–H groups in total. The van der Waals surface area contributed by atoms with E-state index in [1.165, 1.54) is 0 Å². The number of amides is 2. The third-order valence-electron chi connectivity index (χ3n) is 5.80. The standard InChI is InChI=1S/C24H29N3O4/c1-19(17-25-11-14-30-15-12-25)27(18-20-5-3-2-4-6-20)23(28)21-7-9-22(10-8-21)26-13-16-31-24(26)29/h2-10,19H,11-18H2,1H3. The summed E-state index contributed by atoms with van der Waals surface area (Å²) >= 11 is 0. The predicted molar refractivity (Wildman–Crippen MR) is 118 cm³/mol. The van der Waals surface area contributed by atoms with Gasteiger partial charge in [0.1, 0.15) is 6.61 Å². The Labute approximate surface area is 183 Å². The third kappa shape index (κ3) is 5.24. The number of cyclic esters (lactones) is 1. The van der Waals surface area contributed by atoms with Gasteiger partial charge in [-0.2, -0.15) is 0 Å². The SMILES string of the molecule is CC(CN1CCOCC1)N(Cc1ccccc1)C(=O)c1ccc(N2CCOC2=O)cc1. The summed E-state index contributed by atoms with van der Waals surface area (Å²) < 4.78 is 10.5. The number of rotatable bonds is 7. The number of anilines is 1. The zero-order valence-electron chi connectivity index (χ0n) is 17.9. The highest BCUT2D eigenvalue weighted by Crippen LogP contribution is 2.21. The molecule has 1 atom stereocenters. The Kier molecular flexibility index (Phi) is 6.84. The molecule has 2 aliphatic heterocycles. The molecule has 0 aliphatic carbocycles. The van der Waals surface area contributed by atoms with Crippen LogP contribution in [0.25, 0.3) is 0 Å². The lowest BCUT2D eigenvalue weighted by Crippen LogP contribution is -2.48. The minimum atomic E-state index is -0.344. The molecule has 0 aromatic heterocycles. The van der Waals surface area contributed by atoms with Crippen LogP contribution in [0.3, 0.4) is 0 Å². The average Bonchev–Trinajstić information content (AvgIpc) is 3.24. The van der Waals surface area contributed by atoms with Crippen molar-refractivity contribution in [1.29, 1.82) is 0 Å². The van der Waals surface area contributed by atoms with E-state index in [1.54, 1.807) is 17.0 Å². The topological polar surface area (TPSA) is 62.3 Å². The number of hydrogen-bond donors (Lipinski definition) is 0. The summed E-state index contributed by atoms with van der Waals surface area (Å²) in [5, 5.41) is 0. The van der Waals surface area contributed by atoms with E-state index in [-0.39, 0.29) is 18.0 Å². The summed E-state index contributed by atoms with van der Waals surface area (Å²) in [7, 11) is 0. The molecule has 0 spiro atoms. The Morgan fingerprint density at radius 3 is 2.35 bits per heavy atom. The molecule has 2 aliphatic rings. The second-order valence-electron chi connectivity index (χ2n) is 7.99. The van der Waals surface area contributed by atoms with Crippen LogP contribution in [0.15, 0.2) is 54.6 Å². The summed E-state index contributed by atoms with van der Waals surface area (Å²) in [5.41, 5.74) is 2.46. The first kappa shape index (κ1) is 21.3. The van der Waals surface area contributed by atoms with E-state index in [1.807, 2.05) is 47.4 Å². The first-order valence-corrected chi connectivity index (χ1v) is 10.8. The van der Waals surface area contributed by atoms with Gasteiger partial charge in [0.25, 0.3) is 5.91 Å². The molecule has 2 heterocycles. The minimum Gasteiger partial charge on any atom is -0.447 e. The highest BCUT2D eigenvalue weighted by Gasteiger charge is 2.26. The van der Waals surface area contributed by atoms with Crippen molar-refractivity contribution in [3.05, 3.63) is 65.7 Å². The highest BCUT2D eigenvalue weighted by atomic mass is 16.6. The Bertz CT molecular complexity index is 881. The van der Waals surface area contributed by atoms with Crippen molar-refractivity contribution in [2.24, 2.45) is 0 Å². The second kappa shape index (κ2) is 9.94. The van der Waals surface area contributed by atoms with Crippen LogP contribution in [0, 0.1) is 0 Å². The number of nitrogens with zero attached hydrogens (tertiary/aromatic N) is 3. The van der Waals surface area contributed by atoms with Crippen LogP contribution in [-0.2, 0) is 16.0 Å². The van der Waals surface area contributed by atoms with E-state index < -0.39 is 0 Å². The minimum absolute atomic E-state index is 0.0137. The quantitative estimate of drug-likeness (QED) is 0.685. The monoisotopic (exact) mass is 423 g/mol. The van der Waals surface area contributed by atoms with E-state index in [9.17, 15) is 9.59 Å². The number of hydrogen-bond acceptors (Lipinski definition) is 5. The first-order chi connectivity index (χ1) is 15.1. The van der Waals surface area contributed by atoms with Gasteiger partial charge in [-0.05, 0) is 36.8 Å². The lowest BCUT2D eigenvalue weighted by molar-refractivity contribution is 0.0228. The van der Waals surface area contributed by atoms with Crippen LogP contribution in [0.4, 0.5) is 10.5 Å². The Hall–Kier alpha value is -2.90. The molecule has 31 heavy (non-hydrogen) atoms. The van der Waals surface area contributed by atoms with E-state index in [2.05, 4.69) is 11.8 Å². The zero-order chi connectivity index (χ0) is 21.6. The molecular formula is C24H29N3O4. The van der Waals surface area contributed by atoms with Gasteiger partial charge < -0.3 is 14.4 Å².